The molecule has 8 nitrogen and oxygen atoms in total. The first-order chi connectivity index (χ1) is 15.1. The van der Waals surface area contributed by atoms with Crippen molar-refractivity contribution >= 4 is 45.0 Å². The normalized spacial score (nSPS) is 24.4. The van der Waals surface area contributed by atoms with Gasteiger partial charge in [-0.15, -0.1) is 0 Å². The maximum Gasteiger partial charge on any atom is 0.325 e. The standard InChI is InChI=1S/C22H22ClN3O5S/c1-22(17-9-5-6-10-18(17)23)20(28)25(21(29)24-22)13-19(27)26(15-7-3-2-4-8-15)16-11-12-32(30,31)14-16/h2-10,16H,11-14H2,1H3,(H,24,29)/t16-,22-/m1/s1. The van der Waals surface area contributed by atoms with E-state index in [-0.39, 0.29) is 11.5 Å². The fourth-order valence-electron chi connectivity index (χ4n) is 4.23. The molecule has 1 N–H and O–H groups in total. The zero-order valence-corrected chi connectivity index (χ0v) is 18.9. The second-order valence-electron chi connectivity index (χ2n) is 8.08. The molecule has 0 unspecified atom stereocenters. The summed E-state index contributed by atoms with van der Waals surface area (Å²) in [6.45, 7) is 1.02. The van der Waals surface area contributed by atoms with E-state index in [1.54, 1.807) is 54.6 Å². The molecular weight excluding hydrogens is 454 g/mol. The van der Waals surface area contributed by atoms with Crippen LogP contribution in [0.25, 0.3) is 0 Å². The molecule has 168 valence electrons. The number of amides is 4. The third-order valence-electron chi connectivity index (χ3n) is 5.86. The summed E-state index contributed by atoms with van der Waals surface area (Å²) in [5.41, 5.74) is -0.471. The van der Waals surface area contributed by atoms with Gasteiger partial charge in [-0.25, -0.2) is 13.2 Å². The number of para-hydroxylation sites is 1. The van der Waals surface area contributed by atoms with Crippen LogP contribution >= 0.6 is 11.6 Å². The molecule has 0 aliphatic carbocycles. The smallest absolute Gasteiger partial charge is 0.319 e. The van der Waals surface area contributed by atoms with E-state index in [4.69, 9.17) is 11.6 Å². The van der Waals surface area contributed by atoms with Crippen molar-refractivity contribution in [3.05, 3.63) is 65.2 Å². The third kappa shape index (κ3) is 3.98. The molecule has 2 heterocycles. The van der Waals surface area contributed by atoms with E-state index < -0.39 is 45.8 Å². The Balaban J connectivity index is 1.62. The molecule has 2 aromatic carbocycles. The lowest BCUT2D eigenvalue weighted by Crippen LogP contribution is -2.48. The molecule has 0 radical (unpaired) electrons. The van der Waals surface area contributed by atoms with Crippen LogP contribution in [-0.2, 0) is 25.0 Å². The molecule has 4 amide bonds. The molecule has 2 fully saturated rings. The number of nitrogens with one attached hydrogen (secondary N) is 1. The maximum absolute atomic E-state index is 13.3. The van der Waals surface area contributed by atoms with Crippen molar-refractivity contribution in [3.63, 3.8) is 0 Å². The Morgan fingerprint density at radius 2 is 1.81 bits per heavy atom. The Kier molecular flexibility index (Phi) is 5.72. The largest absolute Gasteiger partial charge is 0.325 e. The van der Waals surface area contributed by atoms with Gasteiger partial charge < -0.3 is 10.2 Å². The van der Waals surface area contributed by atoms with Crippen LogP contribution in [0.3, 0.4) is 0 Å². The van der Waals surface area contributed by atoms with Crippen LogP contribution in [-0.4, -0.2) is 55.3 Å². The Labute approximate surface area is 191 Å². The number of anilines is 1. The van der Waals surface area contributed by atoms with Gasteiger partial charge >= 0.3 is 6.03 Å². The van der Waals surface area contributed by atoms with E-state index >= 15 is 0 Å². The SMILES string of the molecule is C[C@]1(c2ccccc2Cl)NC(=O)N(CC(=O)N(c2ccccc2)[C@@H]2CCS(=O)(=O)C2)C1=O. The van der Waals surface area contributed by atoms with Gasteiger partial charge in [0, 0.05) is 16.3 Å². The van der Waals surface area contributed by atoms with Crippen LogP contribution in [0.4, 0.5) is 10.5 Å². The molecule has 2 aromatic rings. The van der Waals surface area contributed by atoms with E-state index in [0.717, 1.165) is 4.90 Å². The molecule has 0 aromatic heterocycles. The number of rotatable bonds is 5. The third-order valence-corrected chi connectivity index (χ3v) is 7.94. The summed E-state index contributed by atoms with van der Waals surface area (Å²) in [5.74, 6) is -1.31. The van der Waals surface area contributed by atoms with Gasteiger partial charge in [-0.1, -0.05) is 48.0 Å². The highest BCUT2D eigenvalue weighted by atomic mass is 35.5. The van der Waals surface area contributed by atoms with Gasteiger partial charge in [-0.05, 0) is 31.5 Å². The highest BCUT2D eigenvalue weighted by Crippen LogP contribution is 2.34. The molecular formula is C22H22ClN3O5S. The Morgan fingerprint density at radius 3 is 2.44 bits per heavy atom. The predicted octanol–water partition coefficient (Wildman–Crippen LogP) is 2.33. The first-order valence-corrected chi connectivity index (χ1v) is 12.3. The van der Waals surface area contributed by atoms with Crippen LogP contribution in [0.1, 0.15) is 18.9 Å². The summed E-state index contributed by atoms with van der Waals surface area (Å²) in [4.78, 5) is 41.5. The van der Waals surface area contributed by atoms with Gasteiger partial charge in [0.15, 0.2) is 9.84 Å². The van der Waals surface area contributed by atoms with E-state index in [0.29, 0.717) is 22.7 Å². The summed E-state index contributed by atoms with van der Waals surface area (Å²) >= 11 is 6.25. The quantitative estimate of drug-likeness (QED) is 0.668. The lowest BCUT2D eigenvalue weighted by atomic mass is 9.92. The van der Waals surface area contributed by atoms with Crippen LogP contribution in [0, 0.1) is 0 Å². The molecule has 0 saturated carbocycles. The lowest BCUT2D eigenvalue weighted by Gasteiger charge is -2.30. The highest BCUT2D eigenvalue weighted by molar-refractivity contribution is 7.91. The number of halogens is 1. The van der Waals surface area contributed by atoms with E-state index in [2.05, 4.69) is 5.32 Å². The van der Waals surface area contributed by atoms with E-state index in [1.807, 2.05) is 0 Å². The van der Waals surface area contributed by atoms with Crippen LogP contribution < -0.4 is 10.2 Å². The Morgan fingerprint density at radius 1 is 1.16 bits per heavy atom. The number of carbonyl (C=O) groups is 3. The monoisotopic (exact) mass is 475 g/mol. The molecule has 32 heavy (non-hydrogen) atoms. The Hall–Kier alpha value is -2.91. The van der Waals surface area contributed by atoms with Gasteiger partial charge in [0.05, 0.1) is 17.5 Å². The molecule has 10 heteroatoms. The topological polar surface area (TPSA) is 104 Å². The summed E-state index contributed by atoms with van der Waals surface area (Å²) in [7, 11) is -3.26. The second kappa shape index (κ2) is 8.22. The van der Waals surface area contributed by atoms with Gasteiger partial charge in [0.1, 0.15) is 12.1 Å². The van der Waals surface area contributed by atoms with Crippen LogP contribution in [0.15, 0.2) is 54.6 Å². The highest BCUT2D eigenvalue weighted by Gasteiger charge is 2.51. The molecule has 4 rings (SSSR count). The number of imide groups is 1. The minimum absolute atomic E-state index is 0.0119. The first kappa shape index (κ1) is 22.3. The average Bonchev–Trinajstić information content (AvgIpc) is 3.21. The summed E-state index contributed by atoms with van der Waals surface area (Å²) < 4.78 is 24.1. The molecule has 0 spiro atoms. The number of sulfone groups is 1. The van der Waals surface area contributed by atoms with Crippen LogP contribution in [0.2, 0.25) is 5.02 Å². The lowest BCUT2D eigenvalue weighted by molar-refractivity contribution is -0.134. The van der Waals surface area contributed by atoms with Gasteiger partial charge in [-0.2, -0.15) is 0 Å². The van der Waals surface area contributed by atoms with Gasteiger partial charge in [0.25, 0.3) is 5.91 Å². The minimum atomic E-state index is -3.26. The van der Waals surface area contributed by atoms with Crippen LogP contribution in [0.5, 0.6) is 0 Å². The van der Waals surface area contributed by atoms with Crippen molar-refractivity contribution in [1.82, 2.24) is 10.2 Å². The number of hydrogen-bond donors (Lipinski definition) is 1. The molecule has 2 aliphatic rings. The zero-order chi connectivity index (χ0) is 23.1. The fraction of sp³-hybridized carbons (Fsp3) is 0.318. The van der Waals surface area contributed by atoms with E-state index in [9.17, 15) is 22.8 Å². The average molecular weight is 476 g/mol. The summed E-state index contributed by atoms with van der Waals surface area (Å²) in [5, 5.41) is 2.96. The van der Waals surface area contributed by atoms with Crippen molar-refractivity contribution < 1.29 is 22.8 Å². The van der Waals surface area contributed by atoms with Crippen molar-refractivity contribution in [2.45, 2.75) is 24.9 Å². The fourth-order valence-corrected chi connectivity index (χ4v) is 6.25. The number of nitrogens with zero attached hydrogens (tertiary/aromatic N) is 2. The van der Waals surface area contributed by atoms with Gasteiger partial charge in [0.2, 0.25) is 5.91 Å². The predicted molar refractivity (Wildman–Crippen MR) is 120 cm³/mol. The number of urea groups is 1. The molecule has 0 bridgehead atoms. The maximum atomic E-state index is 13.3. The minimum Gasteiger partial charge on any atom is -0.319 e. The summed E-state index contributed by atoms with van der Waals surface area (Å²) in [6, 6.07) is 14.1. The van der Waals surface area contributed by atoms with Gasteiger partial charge in [-0.3, -0.25) is 14.5 Å². The van der Waals surface area contributed by atoms with Crippen molar-refractivity contribution in [3.8, 4) is 0 Å². The second-order valence-corrected chi connectivity index (χ2v) is 10.7. The number of benzene rings is 2. The summed E-state index contributed by atoms with van der Waals surface area (Å²) in [6.07, 6.45) is 0.292. The number of carbonyl (C=O) groups excluding carboxylic acids is 3. The molecule has 2 atom stereocenters. The molecule has 2 aliphatic heterocycles. The first-order valence-electron chi connectivity index (χ1n) is 10.1. The Bertz CT molecular complexity index is 1190. The van der Waals surface area contributed by atoms with Crippen molar-refractivity contribution in [1.29, 1.82) is 0 Å². The van der Waals surface area contributed by atoms with Crippen molar-refractivity contribution in [2.24, 2.45) is 0 Å². The van der Waals surface area contributed by atoms with E-state index in [1.165, 1.54) is 11.8 Å². The number of hydrogen-bond acceptors (Lipinski definition) is 5. The zero-order valence-electron chi connectivity index (χ0n) is 17.3. The molecule has 2 saturated heterocycles. The van der Waals surface area contributed by atoms with Crippen molar-refractivity contribution in [2.75, 3.05) is 23.0 Å².